The molecule has 0 spiro atoms. The van der Waals surface area contributed by atoms with Crippen molar-refractivity contribution in [2.75, 3.05) is 9.80 Å². The SMILES string of the molecule is Cc1ccc(N(c2ccc(C)cc2C)c2cc3c(c4ccccc24)-c2cc4c(cc2C3(C)C)-c2cc3c(cc2C(C)(C)C4(C)C)-c2c(cc(N(c4ccc(C)cc4C)c4ccc(C)cc4C)c4ccccc24)C3(C)C)c(C)c1. The summed E-state index contributed by atoms with van der Waals surface area (Å²) < 4.78 is 0. The predicted molar refractivity (Wildman–Crippen MR) is 335 cm³/mol. The van der Waals surface area contributed by atoms with Crippen molar-refractivity contribution in [2.45, 2.75) is 132 Å². The summed E-state index contributed by atoms with van der Waals surface area (Å²) in [5, 5.41) is 5.15. The summed E-state index contributed by atoms with van der Waals surface area (Å²) in [6, 6.07) is 61.8. The van der Waals surface area contributed by atoms with Crippen LogP contribution < -0.4 is 9.80 Å². The Morgan fingerprint density at radius 1 is 0.256 bits per heavy atom. The number of anilines is 6. The second-order valence-corrected chi connectivity index (χ2v) is 25.9. The summed E-state index contributed by atoms with van der Waals surface area (Å²) in [5.74, 6) is 0. The molecule has 13 rings (SSSR count). The van der Waals surface area contributed by atoms with Gasteiger partial charge in [0.05, 0.1) is 11.4 Å². The Morgan fingerprint density at radius 3 is 0.833 bits per heavy atom. The third kappa shape index (κ3) is 6.93. The van der Waals surface area contributed by atoms with E-state index in [1.165, 1.54) is 167 Å². The van der Waals surface area contributed by atoms with E-state index >= 15 is 0 Å². The maximum atomic E-state index is 2.64. The summed E-state index contributed by atoms with van der Waals surface area (Å²) in [6.45, 7) is 37.8. The topological polar surface area (TPSA) is 6.48 Å². The van der Waals surface area contributed by atoms with E-state index < -0.39 is 0 Å². The highest BCUT2D eigenvalue weighted by molar-refractivity contribution is 6.13. The predicted octanol–water partition coefficient (Wildman–Crippen LogP) is 21.2. The minimum Gasteiger partial charge on any atom is -0.309 e. The van der Waals surface area contributed by atoms with Gasteiger partial charge in [-0.05, 0) is 227 Å². The maximum Gasteiger partial charge on any atom is 0.0543 e. The van der Waals surface area contributed by atoms with E-state index in [0.717, 1.165) is 0 Å². The van der Waals surface area contributed by atoms with Crippen LogP contribution in [0, 0.1) is 55.4 Å². The zero-order valence-corrected chi connectivity index (χ0v) is 48.9. The van der Waals surface area contributed by atoms with Gasteiger partial charge in [0.25, 0.3) is 0 Å². The van der Waals surface area contributed by atoms with Gasteiger partial charge in [-0.25, -0.2) is 0 Å². The third-order valence-electron chi connectivity index (χ3n) is 19.6. The molecule has 388 valence electrons. The van der Waals surface area contributed by atoms with Crippen LogP contribution in [-0.2, 0) is 21.7 Å². The first-order valence-corrected chi connectivity index (χ1v) is 28.4. The number of benzene rings is 10. The summed E-state index contributed by atoms with van der Waals surface area (Å²) in [7, 11) is 0. The molecule has 2 heteroatoms. The van der Waals surface area contributed by atoms with Gasteiger partial charge in [-0.15, -0.1) is 0 Å². The summed E-state index contributed by atoms with van der Waals surface area (Å²) >= 11 is 0. The summed E-state index contributed by atoms with van der Waals surface area (Å²) in [5.41, 5.74) is 33.2. The molecule has 0 bridgehead atoms. The zero-order chi connectivity index (χ0) is 54.9. The van der Waals surface area contributed by atoms with Crippen molar-refractivity contribution in [2.24, 2.45) is 0 Å². The standard InChI is InChI=1S/C76H74N2/c1-43-25-29-65(47(5)33-43)77(66-30-26-44(2)34-48(66)6)69-41-63-71(53-23-19-17-21-51(53)69)57-39-61-55(37-59(57)73(63,9)10)56-38-60-58(40-62(56)76(15,16)75(61,13)14)72-54-24-20-18-22-52(54)70(42-64(72)74(60,11)12)78(67-31-27-45(3)35-49(67)7)68-32-28-46(4)36-50(68)8/h17-42H,1-16H3. The Bertz CT molecular complexity index is 3870. The lowest BCUT2D eigenvalue weighted by Gasteiger charge is -2.49. The third-order valence-corrected chi connectivity index (χ3v) is 19.6. The molecule has 3 aliphatic carbocycles. The van der Waals surface area contributed by atoms with Gasteiger partial charge in [0.2, 0.25) is 0 Å². The van der Waals surface area contributed by atoms with Crippen molar-refractivity contribution >= 4 is 55.7 Å². The number of nitrogens with zero attached hydrogens (tertiary/aromatic N) is 2. The number of hydrogen-bond acceptors (Lipinski definition) is 2. The molecule has 0 unspecified atom stereocenters. The van der Waals surface area contributed by atoms with E-state index in [0.29, 0.717) is 0 Å². The van der Waals surface area contributed by atoms with Crippen LogP contribution in [0.2, 0.25) is 0 Å². The van der Waals surface area contributed by atoms with Crippen LogP contribution >= 0.6 is 0 Å². The van der Waals surface area contributed by atoms with Crippen LogP contribution in [0.4, 0.5) is 34.1 Å². The molecule has 0 radical (unpaired) electrons. The molecule has 0 aliphatic heterocycles. The zero-order valence-electron chi connectivity index (χ0n) is 48.9. The maximum absolute atomic E-state index is 2.64. The van der Waals surface area contributed by atoms with E-state index in [1.54, 1.807) is 0 Å². The normalized spacial score (nSPS) is 15.6. The molecule has 0 amide bonds. The molecule has 0 heterocycles. The first-order chi connectivity index (χ1) is 37.0. The Labute approximate surface area is 464 Å². The number of aryl methyl sites for hydroxylation is 8. The molecule has 0 atom stereocenters. The van der Waals surface area contributed by atoms with Crippen molar-refractivity contribution in [3.8, 4) is 33.4 Å². The fourth-order valence-corrected chi connectivity index (χ4v) is 14.7. The minimum atomic E-state index is -0.287. The van der Waals surface area contributed by atoms with Gasteiger partial charge in [-0.3, -0.25) is 0 Å². The fourth-order valence-electron chi connectivity index (χ4n) is 14.7. The van der Waals surface area contributed by atoms with Crippen molar-refractivity contribution in [1.29, 1.82) is 0 Å². The van der Waals surface area contributed by atoms with Gasteiger partial charge in [0, 0.05) is 44.4 Å². The molecule has 3 aliphatic rings. The summed E-state index contributed by atoms with van der Waals surface area (Å²) in [6.07, 6.45) is 0. The number of rotatable bonds is 6. The molecule has 10 aromatic rings. The second kappa shape index (κ2) is 16.9. The van der Waals surface area contributed by atoms with Crippen LogP contribution in [0.5, 0.6) is 0 Å². The molecule has 0 aromatic heterocycles. The van der Waals surface area contributed by atoms with E-state index in [9.17, 15) is 0 Å². The van der Waals surface area contributed by atoms with E-state index in [1.807, 2.05) is 0 Å². The lowest BCUT2D eigenvalue weighted by Crippen LogP contribution is -2.43. The van der Waals surface area contributed by atoms with Gasteiger partial charge in [-0.1, -0.05) is 175 Å². The van der Waals surface area contributed by atoms with Crippen LogP contribution in [0.3, 0.4) is 0 Å². The molecular formula is C76H74N2. The van der Waals surface area contributed by atoms with Gasteiger partial charge in [-0.2, -0.15) is 0 Å². The molecule has 0 saturated heterocycles. The monoisotopic (exact) mass is 1010 g/mol. The Hall–Kier alpha value is -7.68. The van der Waals surface area contributed by atoms with Crippen molar-refractivity contribution in [1.82, 2.24) is 0 Å². The lowest BCUT2D eigenvalue weighted by atomic mass is 9.54. The largest absolute Gasteiger partial charge is 0.309 e. The van der Waals surface area contributed by atoms with Crippen LogP contribution in [0.25, 0.3) is 54.9 Å². The van der Waals surface area contributed by atoms with Crippen molar-refractivity contribution in [3.63, 3.8) is 0 Å². The summed E-state index contributed by atoms with van der Waals surface area (Å²) in [4.78, 5) is 5.10. The van der Waals surface area contributed by atoms with Crippen molar-refractivity contribution < 1.29 is 0 Å². The molecule has 0 saturated carbocycles. The second-order valence-electron chi connectivity index (χ2n) is 25.9. The molecule has 78 heavy (non-hydrogen) atoms. The Kier molecular flexibility index (Phi) is 10.8. The number of fused-ring (bicyclic) bond motifs is 13. The minimum absolute atomic E-state index is 0.203. The van der Waals surface area contributed by atoms with Crippen molar-refractivity contribution in [3.05, 3.63) is 236 Å². The molecular weight excluding hydrogens is 941 g/mol. The average molecular weight is 1020 g/mol. The number of hydrogen-bond donors (Lipinski definition) is 0. The van der Waals surface area contributed by atoms with E-state index in [2.05, 4.69) is 278 Å². The lowest BCUT2D eigenvalue weighted by molar-refractivity contribution is 0.299. The molecule has 0 fully saturated rings. The Balaban J connectivity index is 1.02. The molecule has 10 aromatic carbocycles. The fraction of sp³-hybridized carbons (Fsp3) is 0.263. The quantitative estimate of drug-likeness (QED) is 0.164. The Morgan fingerprint density at radius 2 is 0.538 bits per heavy atom. The first-order valence-electron chi connectivity index (χ1n) is 28.4. The van der Waals surface area contributed by atoms with Gasteiger partial charge >= 0.3 is 0 Å². The highest BCUT2D eigenvalue weighted by atomic mass is 15.2. The van der Waals surface area contributed by atoms with Gasteiger partial charge < -0.3 is 9.80 Å². The molecule has 0 N–H and O–H groups in total. The highest BCUT2D eigenvalue weighted by Gasteiger charge is 2.50. The van der Waals surface area contributed by atoms with Gasteiger partial charge in [0.15, 0.2) is 0 Å². The van der Waals surface area contributed by atoms with Gasteiger partial charge in [0.1, 0.15) is 0 Å². The van der Waals surface area contributed by atoms with E-state index in [4.69, 9.17) is 0 Å². The smallest absolute Gasteiger partial charge is 0.0543 e. The average Bonchev–Trinajstić information content (AvgIpc) is 3.91. The van der Waals surface area contributed by atoms with Crippen LogP contribution in [0.1, 0.15) is 133 Å². The first kappa shape index (κ1) is 49.9. The van der Waals surface area contributed by atoms with Crippen LogP contribution in [0.15, 0.2) is 158 Å². The van der Waals surface area contributed by atoms with Crippen LogP contribution in [-0.4, -0.2) is 0 Å². The molecule has 2 nitrogen and oxygen atoms in total. The highest BCUT2D eigenvalue weighted by Crippen LogP contribution is 2.63. The van der Waals surface area contributed by atoms with E-state index in [-0.39, 0.29) is 21.7 Å².